The predicted octanol–water partition coefficient (Wildman–Crippen LogP) is -11.3. The maximum atomic E-state index is 10.0. The Morgan fingerprint density at radius 3 is 1.84 bits per heavy atom. The summed E-state index contributed by atoms with van der Waals surface area (Å²) < 4.78 is 13.6. The van der Waals surface area contributed by atoms with Crippen LogP contribution in [0.5, 0.6) is 0 Å². The first-order chi connectivity index (χ1) is 7.19. The minimum absolute atomic E-state index is 0. The van der Waals surface area contributed by atoms with E-state index in [1.807, 2.05) is 0 Å². The van der Waals surface area contributed by atoms with Gasteiger partial charge < -0.3 is 49.6 Å². The maximum Gasteiger partial charge on any atom is 1.00 e. The normalized spacial score (nSPS) is 16.7. The van der Waals surface area contributed by atoms with Crippen molar-refractivity contribution in [1.82, 2.24) is 0 Å². The number of aliphatic hydroxyl groups excluding tert-OH is 4. The number of hydrogen-bond acceptors (Lipinski definition) is 9. The second kappa shape index (κ2) is 13.3. The third-order valence-corrected chi connectivity index (χ3v) is 2.10. The first-order valence-corrected chi connectivity index (χ1v) is 5.49. The summed E-state index contributed by atoms with van der Waals surface area (Å²) in [6.07, 6.45) is -8.04. The summed E-state index contributed by atoms with van der Waals surface area (Å²) in [6.45, 7) is -1.09. The van der Waals surface area contributed by atoms with Gasteiger partial charge in [-0.3, -0.25) is 0 Å². The fourth-order valence-corrected chi connectivity index (χ4v) is 1.11. The number of aldehydes is 1. The third kappa shape index (κ3) is 13.0. The van der Waals surface area contributed by atoms with Gasteiger partial charge in [0.25, 0.3) is 0 Å². The number of rotatable bonds is 7. The van der Waals surface area contributed by atoms with Crippen molar-refractivity contribution in [2.24, 2.45) is 0 Å². The molecule has 0 bridgehead atoms. The molecule has 0 heterocycles. The molecule has 0 aromatic heterocycles. The molecule has 0 aromatic carbocycles. The average molecular weight is 322 g/mol. The van der Waals surface area contributed by atoms with Gasteiger partial charge in [0, 0.05) is 0 Å². The molecule has 13 heteroatoms. The topological polar surface area (TPSA) is 202 Å². The standard InChI is InChI=1S/C6H13O9P.2Na.H2O/c7-1-3(8)5(10)6(11)4(9)2-15-16(12,13)14;;;/h1,3-6,8-11H,2H2,(H2,12,13,14);;;1H2/q;2*+1;/p-2. The molecular formula is C6H13Na2O10P. The van der Waals surface area contributed by atoms with Crippen LogP contribution in [-0.4, -0.2) is 63.2 Å². The number of carbonyl (C=O) groups excluding carboxylic acids is 1. The Hall–Kier alpha value is 1.58. The Morgan fingerprint density at radius 2 is 1.53 bits per heavy atom. The Labute approximate surface area is 152 Å². The summed E-state index contributed by atoms with van der Waals surface area (Å²) in [5.74, 6) is 0. The second-order valence-corrected chi connectivity index (χ2v) is 4.07. The Kier molecular flexibility index (Phi) is 20.0. The van der Waals surface area contributed by atoms with Gasteiger partial charge in [-0.2, -0.15) is 0 Å². The van der Waals surface area contributed by atoms with Crippen molar-refractivity contribution in [2.45, 2.75) is 24.4 Å². The van der Waals surface area contributed by atoms with E-state index in [1.165, 1.54) is 0 Å². The maximum absolute atomic E-state index is 10.0. The van der Waals surface area contributed by atoms with Gasteiger partial charge in [-0.15, -0.1) is 0 Å². The van der Waals surface area contributed by atoms with Crippen LogP contribution >= 0.6 is 7.82 Å². The number of carbonyl (C=O) groups is 1. The first-order valence-electron chi connectivity index (χ1n) is 4.03. The summed E-state index contributed by atoms with van der Waals surface area (Å²) in [5.41, 5.74) is 0. The molecule has 0 radical (unpaired) electrons. The molecule has 0 aliphatic rings. The fraction of sp³-hybridized carbons (Fsp3) is 0.833. The van der Waals surface area contributed by atoms with E-state index in [0.717, 1.165) is 0 Å². The van der Waals surface area contributed by atoms with Crippen LogP contribution in [0.25, 0.3) is 0 Å². The summed E-state index contributed by atoms with van der Waals surface area (Å²) in [6, 6.07) is 0. The van der Waals surface area contributed by atoms with Crippen molar-refractivity contribution in [2.75, 3.05) is 6.61 Å². The van der Waals surface area contributed by atoms with Gasteiger partial charge in [-0.25, -0.2) is 0 Å². The van der Waals surface area contributed by atoms with E-state index in [1.54, 1.807) is 0 Å². The molecule has 0 aromatic rings. The van der Waals surface area contributed by atoms with Crippen LogP contribution in [0.3, 0.4) is 0 Å². The summed E-state index contributed by atoms with van der Waals surface area (Å²) in [5, 5.41) is 35.9. The molecule has 0 aliphatic carbocycles. The van der Waals surface area contributed by atoms with Crippen LogP contribution in [0.2, 0.25) is 0 Å². The van der Waals surface area contributed by atoms with Crippen LogP contribution in [0.1, 0.15) is 0 Å². The molecule has 104 valence electrons. The van der Waals surface area contributed by atoms with Crippen molar-refractivity contribution in [3.05, 3.63) is 0 Å². The van der Waals surface area contributed by atoms with E-state index in [0.29, 0.717) is 0 Å². The van der Waals surface area contributed by atoms with Gasteiger partial charge in [-0.1, -0.05) is 0 Å². The van der Waals surface area contributed by atoms with Crippen LogP contribution in [-0.2, 0) is 13.9 Å². The number of phosphoric ester groups is 1. The van der Waals surface area contributed by atoms with E-state index in [9.17, 15) is 19.1 Å². The van der Waals surface area contributed by atoms with Gasteiger partial charge in [-0.05, 0) is 0 Å². The Morgan fingerprint density at radius 1 is 1.11 bits per heavy atom. The summed E-state index contributed by atoms with van der Waals surface area (Å²) in [4.78, 5) is 30.0. The van der Waals surface area contributed by atoms with Crippen LogP contribution < -0.4 is 68.9 Å². The van der Waals surface area contributed by atoms with Crippen LogP contribution in [0.4, 0.5) is 0 Å². The molecular weight excluding hydrogens is 309 g/mol. The van der Waals surface area contributed by atoms with Crippen molar-refractivity contribution in [3.8, 4) is 0 Å². The molecule has 0 aliphatic heterocycles. The number of aliphatic hydroxyl groups is 4. The van der Waals surface area contributed by atoms with E-state index in [-0.39, 0.29) is 70.9 Å². The summed E-state index contributed by atoms with van der Waals surface area (Å²) >= 11 is 0. The third-order valence-electron chi connectivity index (χ3n) is 1.64. The smallest absolute Gasteiger partial charge is 0.790 e. The molecule has 19 heavy (non-hydrogen) atoms. The quantitative estimate of drug-likeness (QED) is 0.199. The fourth-order valence-electron chi connectivity index (χ4n) is 0.776. The van der Waals surface area contributed by atoms with Crippen molar-refractivity contribution < 1.29 is 109 Å². The van der Waals surface area contributed by atoms with E-state index in [4.69, 9.17) is 20.4 Å². The molecule has 0 saturated carbocycles. The van der Waals surface area contributed by atoms with Crippen molar-refractivity contribution in [3.63, 3.8) is 0 Å². The van der Waals surface area contributed by atoms with Gasteiger partial charge >= 0.3 is 59.1 Å². The van der Waals surface area contributed by atoms with Crippen LogP contribution in [0, 0.1) is 0 Å². The minimum atomic E-state index is -5.30. The van der Waals surface area contributed by atoms with E-state index < -0.39 is 38.8 Å². The molecule has 0 amide bonds. The Bertz CT molecular complexity index is 273. The molecule has 0 rings (SSSR count). The minimum Gasteiger partial charge on any atom is -0.790 e. The first kappa shape index (κ1) is 28.7. The largest absolute Gasteiger partial charge is 1.00 e. The molecule has 6 N–H and O–H groups in total. The zero-order valence-electron chi connectivity index (χ0n) is 10.4. The van der Waals surface area contributed by atoms with Crippen LogP contribution in [0.15, 0.2) is 0 Å². The van der Waals surface area contributed by atoms with Gasteiger partial charge in [0.1, 0.15) is 24.4 Å². The molecule has 4 atom stereocenters. The predicted molar refractivity (Wildman–Crippen MR) is 47.3 cm³/mol. The second-order valence-electron chi connectivity index (χ2n) is 2.92. The number of phosphoric acid groups is 1. The van der Waals surface area contributed by atoms with Gasteiger partial charge in [0.2, 0.25) is 0 Å². The molecule has 0 fully saturated rings. The number of hydrogen-bond donors (Lipinski definition) is 4. The zero-order valence-corrected chi connectivity index (χ0v) is 15.3. The Balaban J connectivity index is -0.000000375. The molecule has 0 saturated heterocycles. The molecule has 4 unspecified atom stereocenters. The van der Waals surface area contributed by atoms with E-state index in [2.05, 4.69) is 4.52 Å². The van der Waals surface area contributed by atoms with Crippen molar-refractivity contribution >= 4 is 14.1 Å². The van der Waals surface area contributed by atoms with E-state index >= 15 is 0 Å². The molecule has 10 nitrogen and oxygen atoms in total. The SMILES string of the molecule is O.O=CC(O)C(O)C(O)C(O)COP(=O)([O-])[O-].[Na+].[Na+]. The molecule has 0 spiro atoms. The van der Waals surface area contributed by atoms with Gasteiger partial charge in [0.05, 0.1) is 14.4 Å². The van der Waals surface area contributed by atoms with Crippen molar-refractivity contribution in [1.29, 1.82) is 0 Å². The average Bonchev–Trinajstić information content (AvgIpc) is 2.21. The summed E-state index contributed by atoms with van der Waals surface area (Å²) in [7, 11) is -5.30. The van der Waals surface area contributed by atoms with Gasteiger partial charge in [0.15, 0.2) is 6.29 Å². The monoisotopic (exact) mass is 322 g/mol. The zero-order chi connectivity index (χ0) is 12.9.